The molecule has 0 atom stereocenters. The fourth-order valence-electron chi connectivity index (χ4n) is 2.26. The second kappa shape index (κ2) is 9.28. The van der Waals surface area contributed by atoms with Crippen LogP contribution in [0.2, 0.25) is 0 Å². The molecule has 2 amide bonds. The van der Waals surface area contributed by atoms with Crippen molar-refractivity contribution in [2.45, 2.75) is 33.6 Å². The normalized spacial score (nSPS) is 16.1. The van der Waals surface area contributed by atoms with Gasteiger partial charge < -0.3 is 4.74 Å². The van der Waals surface area contributed by atoms with Crippen molar-refractivity contribution in [2.24, 2.45) is 0 Å². The number of nitrogens with one attached hydrogen (secondary N) is 1. The molecule has 0 saturated carbocycles. The first-order valence-corrected chi connectivity index (χ1v) is 9.03. The van der Waals surface area contributed by atoms with E-state index in [1.807, 2.05) is 24.3 Å². The smallest absolute Gasteiger partial charge is 0.290 e. The maximum Gasteiger partial charge on any atom is 0.290 e. The van der Waals surface area contributed by atoms with Crippen molar-refractivity contribution in [1.82, 2.24) is 5.32 Å². The third-order valence-corrected chi connectivity index (χ3v) is 4.42. The van der Waals surface area contributed by atoms with Gasteiger partial charge in [-0.2, -0.15) is 0 Å². The maximum atomic E-state index is 11.7. The first-order valence-electron chi connectivity index (χ1n) is 8.21. The van der Waals surface area contributed by atoms with E-state index in [0.29, 0.717) is 17.3 Å². The maximum absolute atomic E-state index is 11.7. The van der Waals surface area contributed by atoms with Gasteiger partial charge in [-0.05, 0) is 63.6 Å². The molecule has 0 bridgehead atoms. The standard InChI is InChI=1S/C20H23NO3S/c1-14(2)7-6-8-15(3)11-12-24-17-10-5-4-9-16(17)13-18-19(22)21-20(23)25-18/h4-5,7,9-11,13H,6,8,12H2,1-3H3,(H,21,22,23)/b15-11+,18-13+. The summed E-state index contributed by atoms with van der Waals surface area (Å²) in [6.07, 6.45) is 8.03. The molecule has 1 aromatic rings. The number of carbonyl (C=O) groups excluding carboxylic acids is 2. The zero-order valence-corrected chi connectivity index (χ0v) is 15.6. The summed E-state index contributed by atoms with van der Waals surface area (Å²) in [7, 11) is 0. The molecule has 0 spiro atoms. The molecule has 0 radical (unpaired) electrons. The van der Waals surface area contributed by atoms with Crippen LogP contribution < -0.4 is 10.1 Å². The van der Waals surface area contributed by atoms with E-state index in [0.717, 1.165) is 30.2 Å². The van der Waals surface area contributed by atoms with Crippen molar-refractivity contribution in [1.29, 1.82) is 0 Å². The first kappa shape index (κ1) is 19.1. The van der Waals surface area contributed by atoms with Crippen molar-refractivity contribution in [3.05, 3.63) is 58.0 Å². The minimum absolute atomic E-state index is 0.343. The van der Waals surface area contributed by atoms with E-state index in [9.17, 15) is 9.59 Å². The van der Waals surface area contributed by atoms with Gasteiger partial charge in [0.15, 0.2) is 0 Å². The molecule has 132 valence electrons. The lowest BCUT2D eigenvalue weighted by Crippen LogP contribution is -2.17. The number of para-hydroxylation sites is 1. The van der Waals surface area contributed by atoms with Gasteiger partial charge in [0.05, 0.1) is 4.91 Å². The van der Waals surface area contributed by atoms with E-state index in [1.165, 1.54) is 11.1 Å². The van der Waals surface area contributed by atoms with E-state index >= 15 is 0 Å². The van der Waals surface area contributed by atoms with Gasteiger partial charge in [0.2, 0.25) is 0 Å². The van der Waals surface area contributed by atoms with Gasteiger partial charge in [0.25, 0.3) is 11.1 Å². The number of ether oxygens (including phenoxy) is 1. The van der Waals surface area contributed by atoms with Crippen LogP contribution in [0.5, 0.6) is 5.75 Å². The first-order chi connectivity index (χ1) is 12.0. The molecule has 1 heterocycles. The van der Waals surface area contributed by atoms with Gasteiger partial charge in [-0.3, -0.25) is 14.9 Å². The molecule has 0 unspecified atom stereocenters. The Morgan fingerprint density at radius 1 is 1.16 bits per heavy atom. The number of hydrogen-bond acceptors (Lipinski definition) is 4. The molecular weight excluding hydrogens is 334 g/mol. The van der Waals surface area contributed by atoms with Gasteiger partial charge in [0.1, 0.15) is 12.4 Å². The van der Waals surface area contributed by atoms with Gasteiger partial charge in [-0.25, -0.2) is 0 Å². The summed E-state index contributed by atoms with van der Waals surface area (Å²) < 4.78 is 5.85. The van der Waals surface area contributed by atoms with Crippen LogP contribution in [-0.2, 0) is 4.79 Å². The molecule has 1 aliphatic heterocycles. The van der Waals surface area contributed by atoms with Crippen LogP contribution in [0.1, 0.15) is 39.2 Å². The van der Waals surface area contributed by atoms with Crippen LogP contribution in [0.4, 0.5) is 4.79 Å². The van der Waals surface area contributed by atoms with Crippen molar-refractivity contribution < 1.29 is 14.3 Å². The lowest BCUT2D eigenvalue weighted by Gasteiger charge is -2.08. The summed E-state index contributed by atoms with van der Waals surface area (Å²) in [6, 6.07) is 7.48. The number of amides is 2. The lowest BCUT2D eigenvalue weighted by molar-refractivity contribution is -0.115. The van der Waals surface area contributed by atoms with Crippen LogP contribution in [0, 0.1) is 0 Å². The van der Waals surface area contributed by atoms with E-state index < -0.39 is 0 Å². The third-order valence-electron chi connectivity index (χ3n) is 3.61. The Bertz CT molecular complexity index is 743. The number of hydrogen-bond donors (Lipinski definition) is 1. The topological polar surface area (TPSA) is 55.4 Å². The Hall–Kier alpha value is -2.27. The molecule has 4 nitrogen and oxygen atoms in total. The van der Waals surface area contributed by atoms with Gasteiger partial charge in [-0.1, -0.05) is 35.4 Å². The minimum Gasteiger partial charge on any atom is -0.489 e. The molecule has 1 aromatic carbocycles. The Labute approximate surface area is 153 Å². The lowest BCUT2D eigenvalue weighted by atomic mass is 10.1. The predicted octanol–water partition coefficient (Wildman–Crippen LogP) is 5.08. The van der Waals surface area contributed by atoms with Crippen LogP contribution in [0.15, 0.2) is 52.5 Å². The SMILES string of the molecule is CC(C)=CCC/C(C)=C/COc1ccccc1/C=C1/SC(=O)NC1=O. The van der Waals surface area contributed by atoms with Gasteiger partial charge in [0, 0.05) is 5.56 Å². The van der Waals surface area contributed by atoms with E-state index in [1.54, 1.807) is 6.08 Å². The van der Waals surface area contributed by atoms with Gasteiger partial charge in [-0.15, -0.1) is 0 Å². The van der Waals surface area contributed by atoms with E-state index in [4.69, 9.17) is 4.74 Å². The van der Waals surface area contributed by atoms with Crippen LogP contribution in [0.3, 0.4) is 0 Å². The molecule has 1 aliphatic rings. The highest BCUT2D eigenvalue weighted by atomic mass is 32.2. The monoisotopic (exact) mass is 357 g/mol. The van der Waals surface area contributed by atoms with Crippen molar-refractivity contribution in [2.75, 3.05) is 6.61 Å². The van der Waals surface area contributed by atoms with Crippen LogP contribution in [0.25, 0.3) is 6.08 Å². The van der Waals surface area contributed by atoms with Crippen LogP contribution in [-0.4, -0.2) is 17.8 Å². The van der Waals surface area contributed by atoms with Crippen molar-refractivity contribution in [3.63, 3.8) is 0 Å². The summed E-state index contributed by atoms with van der Waals surface area (Å²) in [6.45, 7) is 6.77. The Morgan fingerprint density at radius 3 is 2.60 bits per heavy atom. The number of imide groups is 1. The molecule has 2 rings (SSSR count). The van der Waals surface area contributed by atoms with Gasteiger partial charge >= 0.3 is 0 Å². The number of allylic oxidation sites excluding steroid dienone is 3. The number of carbonyl (C=O) groups is 2. The fraction of sp³-hybridized carbons (Fsp3) is 0.300. The van der Waals surface area contributed by atoms with Crippen molar-refractivity contribution in [3.8, 4) is 5.75 Å². The summed E-state index contributed by atoms with van der Waals surface area (Å²) in [4.78, 5) is 23.3. The highest BCUT2D eigenvalue weighted by molar-refractivity contribution is 8.18. The molecule has 5 heteroatoms. The molecule has 0 aliphatic carbocycles. The van der Waals surface area contributed by atoms with E-state index in [-0.39, 0.29) is 11.1 Å². The number of thioether (sulfide) groups is 1. The zero-order chi connectivity index (χ0) is 18.2. The zero-order valence-electron chi connectivity index (χ0n) is 14.8. The second-order valence-electron chi connectivity index (χ2n) is 6.07. The third kappa shape index (κ3) is 6.27. The molecule has 1 saturated heterocycles. The summed E-state index contributed by atoms with van der Waals surface area (Å²) in [5, 5.41) is 1.91. The minimum atomic E-state index is -0.361. The Kier molecular flexibility index (Phi) is 7.07. The molecule has 25 heavy (non-hydrogen) atoms. The average molecular weight is 357 g/mol. The second-order valence-corrected chi connectivity index (χ2v) is 7.09. The highest BCUT2D eigenvalue weighted by Gasteiger charge is 2.25. The average Bonchev–Trinajstić information content (AvgIpc) is 2.86. The quantitative estimate of drug-likeness (QED) is 0.546. The molecule has 1 N–H and O–H groups in total. The van der Waals surface area contributed by atoms with E-state index in [2.05, 4.69) is 38.2 Å². The summed E-state index contributed by atoms with van der Waals surface area (Å²) in [5.41, 5.74) is 3.40. The van der Waals surface area contributed by atoms with Crippen molar-refractivity contribution >= 4 is 29.0 Å². The Balaban J connectivity index is 1.99. The summed E-state index contributed by atoms with van der Waals surface area (Å²) >= 11 is 0.906. The number of benzene rings is 1. The highest BCUT2D eigenvalue weighted by Crippen LogP contribution is 2.29. The fourth-order valence-corrected chi connectivity index (χ4v) is 2.93. The molecular formula is C20H23NO3S. The Morgan fingerprint density at radius 2 is 1.92 bits per heavy atom. The number of rotatable bonds is 7. The largest absolute Gasteiger partial charge is 0.489 e. The molecule has 0 aromatic heterocycles. The summed E-state index contributed by atoms with van der Waals surface area (Å²) in [5.74, 6) is 0.330. The predicted molar refractivity (Wildman–Crippen MR) is 103 cm³/mol. The van der Waals surface area contributed by atoms with Crippen LogP contribution >= 0.6 is 11.8 Å². The molecule has 1 fully saturated rings.